The second-order valence-electron chi connectivity index (χ2n) is 10.7. The normalized spacial score (nSPS) is 16.8. The summed E-state index contributed by atoms with van der Waals surface area (Å²) in [6, 6.07) is 0.941. The highest BCUT2D eigenvalue weighted by atomic mass is 35.5. The highest BCUT2D eigenvalue weighted by Gasteiger charge is 2.31. The molecule has 2 heterocycles. The van der Waals surface area contributed by atoms with Crippen molar-refractivity contribution < 1.29 is 23.5 Å². The van der Waals surface area contributed by atoms with Crippen molar-refractivity contribution >= 4 is 35.6 Å². The number of carbonyl (C=O) groups excluding carboxylic acids is 2. The van der Waals surface area contributed by atoms with Gasteiger partial charge in [0.15, 0.2) is 28.3 Å². The Morgan fingerprint density at radius 2 is 1.84 bits per heavy atom. The van der Waals surface area contributed by atoms with Crippen LogP contribution in [0.2, 0.25) is 5.15 Å². The number of allylic oxidation sites excluding steroid dienone is 6. The van der Waals surface area contributed by atoms with E-state index in [0.717, 1.165) is 70.4 Å². The zero-order valence-electron chi connectivity index (χ0n) is 28.0. The van der Waals surface area contributed by atoms with E-state index in [2.05, 4.69) is 45.9 Å². The topological polar surface area (TPSA) is 154 Å². The third-order valence-electron chi connectivity index (χ3n) is 7.12. The van der Waals surface area contributed by atoms with E-state index in [-0.39, 0.29) is 29.8 Å². The van der Waals surface area contributed by atoms with E-state index in [1.807, 2.05) is 6.92 Å². The molecule has 0 aromatic carbocycles. The molecule has 45 heavy (non-hydrogen) atoms. The molecule has 2 unspecified atom stereocenters. The third kappa shape index (κ3) is 15.0. The molecule has 1 fully saturated rings. The summed E-state index contributed by atoms with van der Waals surface area (Å²) in [5.41, 5.74) is 12.6. The number of aromatic nitrogens is 2. The second-order valence-corrected chi connectivity index (χ2v) is 11.1. The lowest BCUT2D eigenvalue weighted by atomic mass is 10.1. The Labute approximate surface area is 272 Å². The molecule has 6 N–H and O–H groups in total. The maximum absolute atomic E-state index is 12.5. The maximum atomic E-state index is 12.5. The van der Waals surface area contributed by atoms with Crippen molar-refractivity contribution in [3.63, 3.8) is 0 Å². The molecule has 1 aliphatic rings. The van der Waals surface area contributed by atoms with Crippen LogP contribution in [0.15, 0.2) is 35.1 Å². The molecule has 256 valence electrons. The molecular formula is C31H53ClF2N8O3. The quantitative estimate of drug-likeness (QED) is 0.187. The Kier molecular flexibility index (Phi) is 20.6. The van der Waals surface area contributed by atoms with Gasteiger partial charge in [0.2, 0.25) is 6.41 Å². The van der Waals surface area contributed by atoms with Crippen LogP contribution in [0.1, 0.15) is 78.2 Å². The Balaban J connectivity index is 0.000000841. The Morgan fingerprint density at radius 3 is 2.31 bits per heavy atom. The average molecular weight is 659 g/mol. The SMILES string of the molecule is CCC(C)N1CCN(c2nc(N)c(C(=O)NCCO)nc2Cl)CC1CC.CCCN(C)C=O.C\C(F)=C(F)/C=C\C(C)=C(/C)N. The Bertz CT molecular complexity index is 1130. The number of nitrogen functional groups attached to an aromatic ring is 1. The summed E-state index contributed by atoms with van der Waals surface area (Å²) >= 11 is 6.32. The highest BCUT2D eigenvalue weighted by Crippen LogP contribution is 2.28. The zero-order valence-corrected chi connectivity index (χ0v) is 28.8. The predicted molar refractivity (Wildman–Crippen MR) is 179 cm³/mol. The predicted octanol–water partition coefficient (Wildman–Crippen LogP) is 4.58. The van der Waals surface area contributed by atoms with Crippen LogP contribution in [-0.4, -0.2) is 95.7 Å². The van der Waals surface area contributed by atoms with Gasteiger partial charge >= 0.3 is 0 Å². The first kappa shape index (κ1) is 41.7. The number of aliphatic hydroxyl groups is 1. The number of nitrogens with two attached hydrogens (primary N) is 2. The number of nitrogens with zero attached hydrogens (tertiary/aromatic N) is 5. The molecule has 0 spiro atoms. The monoisotopic (exact) mass is 658 g/mol. The van der Waals surface area contributed by atoms with Crippen molar-refractivity contribution in [1.29, 1.82) is 0 Å². The number of aliphatic hydroxyl groups excluding tert-OH is 1. The maximum Gasteiger partial charge on any atom is 0.273 e. The zero-order chi connectivity index (χ0) is 34.7. The van der Waals surface area contributed by atoms with E-state index < -0.39 is 17.6 Å². The van der Waals surface area contributed by atoms with Gasteiger partial charge in [-0.25, -0.2) is 18.7 Å². The minimum atomic E-state index is -0.865. The number of halogens is 3. The molecule has 0 radical (unpaired) electrons. The van der Waals surface area contributed by atoms with Crippen molar-refractivity contribution in [3.05, 3.63) is 45.9 Å². The smallest absolute Gasteiger partial charge is 0.273 e. The van der Waals surface area contributed by atoms with Crippen molar-refractivity contribution in [1.82, 2.24) is 25.1 Å². The van der Waals surface area contributed by atoms with Crippen LogP contribution in [-0.2, 0) is 4.79 Å². The first-order chi connectivity index (χ1) is 21.2. The van der Waals surface area contributed by atoms with E-state index in [1.54, 1.807) is 25.8 Å². The fourth-order valence-electron chi connectivity index (χ4n) is 4.13. The van der Waals surface area contributed by atoms with Crippen LogP contribution < -0.4 is 21.7 Å². The summed E-state index contributed by atoms with van der Waals surface area (Å²) in [6.45, 7) is 16.5. The van der Waals surface area contributed by atoms with Crippen LogP contribution in [0.5, 0.6) is 0 Å². The number of rotatable bonds is 12. The molecule has 11 nitrogen and oxygen atoms in total. The molecule has 2 rings (SSSR count). The molecule has 0 bridgehead atoms. The van der Waals surface area contributed by atoms with Gasteiger partial charge < -0.3 is 31.7 Å². The summed E-state index contributed by atoms with van der Waals surface area (Å²) < 4.78 is 24.7. The summed E-state index contributed by atoms with van der Waals surface area (Å²) in [5, 5.41) is 11.5. The Hall–Kier alpha value is -3.29. The lowest BCUT2D eigenvalue weighted by molar-refractivity contribution is -0.117. The second kappa shape index (κ2) is 22.3. The summed E-state index contributed by atoms with van der Waals surface area (Å²) in [4.78, 5) is 36.6. The summed E-state index contributed by atoms with van der Waals surface area (Å²) in [6.07, 6.45) is 6.51. The van der Waals surface area contributed by atoms with Crippen molar-refractivity contribution in [2.45, 2.75) is 79.8 Å². The number of carbonyl (C=O) groups is 2. The van der Waals surface area contributed by atoms with Crippen LogP contribution in [0, 0.1) is 0 Å². The van der Waals surface area contributed by atoms with Gasteiger partial charge in [-0.15, -0.1) is 0 Å². The molecule has 1 saturated heterocycles. The average Bonchev–Trinajstić information content (AvgIpc) is 3.02. The van der Waals surface area contributed by atoms with E-state index in [0.29, 0.717) is 23.6 Å². The van der Waals surface area contributed by atoms with E-state index in [4.69, 9.17) is 28.2 Å². The largest absolute Gasteiger partial charge is 0.402 e. The van der Waals surface area contributed by atoms with E-state index >= 15 is 0 Å². The molecule has 1 aliphatic heterocycles. The van der Waals surface area contributed by atoms with Gasteiger partial charge in [0.25, 0.3) is 5.91 Å². The first-order valence-electron chi connectivity index (χ1n) is 15.2. The number of amides is 2. The van der Waals surface area contributed by atoms with Gasteiger partial charge in [-0.1, -0.05) is 38.4 Å². The van der Waals surface area contributed by atoms with Gasteiger partial charge in [0, 0.05) is 57.6 Å². The van der Waals surface area contributed by atoms with Crippen LogP contribution in [0.3, 0.4) is 0 Å². The van der Waals surface area contributed by atoms with Crippen molar-refractivity contribution in [2.24, 2.45) is 5.73 Å². The van der Waals surface area contributed by atoms with E-state index in [9.17, 15) is 18.4 Å². The number of anilines is 2. The standard InChI is InChI=1S/C17H29ClN6O2.C9H13F2N.C5H11NO/c1-4-11(3)24-8-7-23(10-12(24)5-2)16-14(18)21-13(15(19)22-16)17(26)20-6-9-25;1-6(8(3)12)4-5-9(11)7(2)10;1-3-4-6(2)5-7/h11-12,25H,4-10H2,1-3H3,(H2,19,22)(H,20,26);4-5H,12H2,1-3H3;5H,3-4H2,1-2H3/b;5-4-,8-6+,9-7-;. The third-order valence-corrected chi connectivity index (χ3v) is 7.37. The molecule has 2 amide bonds. The van der Waals surface area contributed by atoms with Gasteiger partial charge in [-0.2, -0.15) is 0 Å². The highest BCUT2D eigenvalue weighted by molar-refractivity contribution is 6.32. The molecule has 0 saturated carbocycles. The lowest BCUT2D eigenvalue weighted by Gasteiger charge is -2.44. The Morgan fingerprint density at radius 1 is 1.20 bits per heavy atom. The van der Waals surface area contributed by atoms with Crippen molar-refractivity contribution in [2.75, 3.05) is 57.0 Å². The van der Waals surface area contributed by atoms with Gasteiger partial charge in [-0.3, -0.25) is 14.5 Å². The first-order valence-corrected chi connectivity index (χ1v) is 15.6. The molecule has 2 atom stereocenters. The minimum Gasteiger partial charge on any atom is -0.402 e. The number of hydrogen-bond donors (Lipinski definition) is 4. The summed E-state index contributed by atoms with van der Waals surface area (Å²) in [7, 11) is 1.77. The number of nitrogens with one attached hydrogen (secondary N) is 1. The fourth-order valence-corrected chi connectivity index (χ4v) is 4.38. The van der Waals surface area contributed by atoms with Crippen LogP contribution in [0.25, 0.3) is 0 Å². The van der Waals surface area contributed by atoms with Gasteiger partial charge in [0.1, 0.15) is 5.83 Å². The van der Waals surface area contributed by atoms with Crippen molar-refractivity contribution in [3.8, 4) is 0 Å². The van der Waals surface area contributed by atoms with Crippen LogP contribution >= 0.6 is 11.6 Å². The molecule has 1 aromatic rings. The number of hydrogen-bond acceptors (Lipinski definition) is 9. The minimum absolute atomic E-state index is 0.0162. The van der Waals surface area contributed by atoms with Gasteiger partial charge in [0.05, 0.1) is 6.61 Å². The van der Waals surface area contributed by atoms with Gasteiger partial charge in [-0.05, 0) is 58.6 Å². The molecule has 14 heteroatoms. The summed E-state index contributed by atoms with van der Waals surface area (Å²) in [5.74, 6) is -1.63. The lowest BCUT2D eigenvalue weighted by Crippen LogP contribution is -2.56. The molecular weight excluding hydrogens is 606 g/mol. The molecule has 1 aromatic heterocycles. The van der Waals surface area contributed by atoms with Crippen LogP contribution in [0.4, 0.5) is 20.4 Å². The number of piperazine rings is 1. The molecule has 0 aliphatic carbocycles. The van der Waals surface area contributed by atoms with E-state index in [1.165, 1.54) is 6.08 Å². The fraction of sp³-hybridized carbons (Fsp3) is 0.613.